The minimum absolute atomic E-state index is 0. The number of hydrogen-bond acceptors (Lipinski definition) is 5. The molecule has 0 spiro atoms. The Morgan fingerprint density at radius 3 is 2.29 bits per heavy atom. The van der Waals surface area contributed by atoms with Crippen molar-refractivity contribution in [3.05, 3.63) is 131 Å². The number of nitriles is 2. The topological polar surface area (TPSA) is 92.5 Å². The predicted molar refractivity (Wildman–Crippen MR) is 169 cm³/mol. The third kappa shape index (κ3) is 5.40. The van der Waals surface area contributed by atoms with Gasteiger partial charge in [0.15, 0.2) is 0 Å². The monoisotopic (exact) mass is 763 g/mol. The number of rotatable bonds is 5. The van der Waals surface area contributed by atoms with E-state index in [2.05, 4.69) is 64.0 Å². The largest absolute Gasteiger partial charge is 2.00 e. The summed E-state index contributed by atoms with van der Waals surface area (Å²) in [6.45, 7) is 5.90. The summed E-state index contributed by atoms with van der Waals surface area (Å²) in [5, 5.41) is 26.2. The summed E-state index contributed by atoms with van der Waals surface area (Å²) in [5.41, 5.74) is 7.60. The van der Waals surface area contributed by atoms with Crippen molar-refractivity contribution in [2.24, 2.45) is 0 Å². The molecule has 45 heavy (non-hydrogen) atoms. The van der Waals surface area contributed by atoms with E-state index in [0.29, 0.717) is 39.4 Å². The van der Waals surface area contributed by atoms with Crippen molar-refractivity contribution < 1.29 is 25.8 Å². The zero-order valence-corrected chi connectivity index (χ0v) is 26.8. The first-order valence-corrected chi connectivity index (χ1v) is 14.0. The number of benzene rings is 4. The number of pyridine rings is 1. The number of aromatic nitrogens is 4. The first-order valence-electron chi connectivity index (χ1n) is 14.0. The van der Waals surface area contributed by atoms with E-state index in [1.807, 2.05) is 62.5 Å². The van der Waals surface area contributed by atoms with Gasteiger partial charge in [-0.05, 0) is 66.4 Å². The summed E-state index contributed by atoms with van der Waals surface area (Å²) >= 11 is 0. The van der Waals surface area contributed by atoms with Crippen LogP contribution in [0.4, 0.5) is 0 Å². The minimum Gasteiger partial charge on any atom is -0.509 e. The zero-order valence-electron chi connectivity index (χ0n) is 24.6. The van der Waals surface area contributed by atoms with Crippen LogP contribution in [0.15, 0.2) is 91.4 Å². The Morgan fingerprint density at radius 2 is 1.53 bits per heavy atom. The van der Waals surface area contributed by atoms with Crippen molar-refractivity contribution in [2.75, 3.05) is 0 Å². The molecule has 0 aliphatic heterocycles. The van der Waals surface area contributed by atoms with Gasteiger partial charge >= 0.3 is 21.1 Å². The Morgan fingerprint density at radius 1 is 0.778 bits per heavy atom. The van der Waals surface area contributed by atoms with Crippen molar-refractivity contribution in [3.8, 4) is 46.3 Å². The van der Waals surface area contributed by atoms with E-state index in [1.165, 1.54) is 0 Å². The van der Waals surface area contributed by atoms with E-state index in [0.717, 1.165) is 44.3 Å². The van der Waals surface area contributed by atoms with E-state index in [4.69, 9.17) is 4.74 Å². The van der Waals surface area contributed by atoms with Gasteiger partial charge in [0.1, 0.15) is 5.82 Å². The molecule has 4 aromatic carbocycles. The summed E-state index contributed by atoms with van der Waals surface area (Å²) in [6, 6.07) is 34.9. The molecule has 0 saturated carbocycles. The van der Waals surface area contributed by atoms with Gasteiger partial charge in [-0.1, -0.05) is 30.6 Å². The quantitative estimate of drug-likeness (QED) is 0.165. The van der Waals surface area contributed by atoms with E-state index in [-0.39, 0.29) is 21.1 Å². The Labute approximate surface area is 274 Å². The molecule has 0 bridgehead atoms. The molecule has 0 aliphatic rings. The first-order chi connectivity index (χ1) is 21.4. The van der Waals surface area contributed by atoms with E-state index < -0.39 is 0 Å². The number of hydrogen-bond donors (Lipinski definition) is 0. The molecule has 3 aromatic heterocycles. The average molecular weight is 764 g/mol. The van der Waals surface area contributed by atoms with Gasteiger partial charge in [-0.25, -0.2) is 4.98 Å². The Hall–Kier alpha value is -5.49. The maximum Gasteiger partial charge on any atom is 2.00 e. The van der Waals surface area contributed by atoms with Gasteiger partial charge in [0, 0.05) is 40.5 Å². The Balaban J connectivity index is 0.00000357. The van der Waals surface area contributed by atoms with Crippen molar-refractivity contribution in [1.29, 1.82) is 10.5 Å². The van der Waals surface area contributed by atoms with Crippen LogP contribution in [0.5, 0.6) is 11.5 Å². The maximum absolute atomic E-state index is 9.74. The maximum atomic E-state index is 9.74. The molecule has 218 valence electrons. The molecule has 0 N–H and O–H groups in total. The summed E-state index contributed by atoms with van der Waals surface area (Å²) in [5.74, 6) is 1.87. The first kappa shape index (κ1) is 29.6. The number of ether oxygens (including phenoxy) is 1. The van der Waals surface area contributed by atoms with Crippen LogP contribution in [0.2, 0.25) is 0 Å². The molecule has 0 saturated heterocycles. The minimum atomic E-state index is 0. The SMILES string of the molecule is Cc1cc(Oc2[c-]c3c(cc2)c2ccccc2n3-c2cc(C)ccn2)[c-]c(-n2cc(-c3c(C#N)cc(C)cc3C#N)cn2)c1.[Pt+2]. The Kier molecular flexibility index (Phi) is 7.81. The summed E-state index contributed by atoms with van der Waals surface area (Å²) in [7, 11) is 0. The van der Waals surface area contributed by atoms with Crippen LogP contribution >= 0.6 is 0 Å². The molecule has 7 aromatic rings. The molecular weight excluding hydrogens is 740 g/mol. The van der Waals surface area contributed by atoms with Crippen LogP contribution in [0.25, 0.3) is 44.4 Å². The molecule has 7 nitrogen and oxygen atoms in total. The van der Waals surface area contributed by atoms with Crippen molar-refractivity contribution >= 4 is 21.8 Å². The molecule has 0 radical (unpaired) electrons. The fraction of sp³-hybridized carbons (Fsp3) is 0.0811. The standard InChI is InChI=1S/C37H24N6O.Pt/c1-23-10-11-40-36(16-23)43-34-7-5-4-6-32(34)33-9-8-30(18-35(33)43)44-31-15-25(3)14-29(17-31)42-22-28(21-41-42)37-26(19-38)12-24(2)13-27(37)20-39;/h4-16,21-22H,1-3H3;/q-2;+2. The number of nitrogens with zero attached hydrogens (tertiary/aromatic N) is 6. The fourth-order valence-electron chi connectivity index (χ4n) is 5.63. The van der Waals surface area contributed by atoms with Crippen LogP contribution in [0.1, 0.15) is 27.8 Å². The third-order valence-electron chi connectivity index (χ3n) is 7.52. The third-order valence-corrected chi connectivity index (χ3v) is 7.52. The molecule has 0 fully saturated rings. The molecule has 0 atom stereocenters. The second-order valence-corrected chi connectivity index (χ2v) is 10.8. The molecule has 0 aliphatic carbocycles. The van der Waals surface area contributed by atoms with Crippen molar-refractivity contribution in [2.45, 2.75) is 20.8 Å². The van der Waals surface area contributed by atoms with Gasteiger partial charge in [0.25, 0.3) is 0 Å². The van der Waals surface area contributed by atoms with Crippen LogP contribution < -0.4 is 4.74 Å². The summed E-state index contributed by atoms with van der Waals surface area (Å²) in [6.07, 6.45) is 5.27. The van der Waals surface area contributed by atoms with Crippen LogP contribution in [-0.4, -0.2) is 19.3 Å². The second kappa shape index (κ2) is 11.9. The van der Waals surface area contributed by atoms with Crippen LogP contribution in [0.3, 0.4) is 0 Å². The fourth-order valence-corrected chi connectivity index (χ4v) is 5.63. The molecular formula is C37H24N6OPt. The van der Waals surface area contributed by atoms with Gasteiger partial charge in [0.2, 0.25) is 0 Å². The van der Waals surface area contributed by atoms with Gasteiger partial charge in [-0.3, -0.25) is 4.68 Å². The van der Waals surface area contributed by atoms with Crippen LogP contribution in [0, 0.1) is 55.6 Å². The molecule has 0 unspecified atom stereocenters. The Bertz CT molecular complexity index is 2300. The van der Waals surface area contributed by atoms with Crippen molar-refractivity contribution in [1.82, 2.24) is 19.3 Å². The van der Waals surface area contributed by atoms with Gasteiger partial charge in [-0.15, -0.1) is 35.7 Å². The van der Waals surface area contributed by atoms with E-state index >= 15 is 0 Å². The average Bonchev–Trinajstić information content (AvgIpc) is 3.63. The van der Waals surface area contributed by atoms with Crippen LogP contribution in [-0.2, 0) is 21.1 Å². The van der Waals surface area contributed by atoms with Crippen molar-refractivity contribution in [3.63, 3.8) is 0 Å². The number of para-hydroxylation sites is 1. The molecule has 8 heteroatoms. The van der Waals surface area contributed by atoms with E-state index in [1.54, 1.807) is 29.2 Å². The summed E-state index contributed by atoms with van der Waals surface area (Å²) in [4.78, 5) is 4.65. The smallest absolute Gasteiger partial charge is 0.509 e. The normalized spacial score (nSPS) is 10.8. The van der Waals surface area contributed by atoms with E-state index in [9.17, 15) is 10.5 Å². The molecule has 3 heterocycles. The van der Waals surface area contributed by atoms with Gasteiger partial charge in [0.05, 0.1) is 29.5 Å². The van der Waals surface area contributed by atoms with Gasteiger partial charge in [-0.2, -0.15) is 27.3 Å². The number of fused-ring (bicyclic) bond motifs is 3. The van der Waals surface area contributed by atoms with Gasteiger partial charge < -0.3 is 9.30 Å². The number of aryl methyl sites for hydroxylation is 3. The molecule has 7 rings (SSSR count). The summed E-state index contributed by atoms with van der Waals surface area (Å²) < 4.78 is 10.1. The second-order valence-electron chi connectivity index (χ2n) is 10.8. The predicted octanol–water partition coefficient (Wildman–Crippen LogP) is 8.09. The zero-order chi connectivity index (χ0) is 30.4. The molecule has 0 amide bonds.